The van der Waals surface area contributed by atoms with Gasteiger partial charge in [-0.1, -0.05) is 30.3 Å². The molecule has 0 atom stereocenters. The van der Waals surface area contributed by atoms with E-state index in [0.717, 1.165) is 31.2 Å². The van der Waals surface area contributed by atoms with Gasteiger partial charge in [0, 0.05) is 0 Å². The molecule has 4 heteroatoms. The Morgan fingerprint density at radius 2 is 1.72 bits per heavy atom. The molecular weight excluding hydrogens is 228 g/mol. The quantitative estimate of drug-likeness (QED) is 0.810. The van der Waals surface area contributed by atoms with Crippen molar-refractivity contribution in [2.45, 2.75) is 32.2 Å². The van der Waals surface area contributed by atoms with Gasteiger partial charge in [0.05, 0.1) is 6.54 Å². The minimum atomic E-state index is -0.757. The number of rotatable bonds is 3. The second-order valence-corrected chi connectivity index (χ2v) is 4.93. The predicted octanol–water partition coefficient (Wildman–Crippen LogP) is 2.76. The highest BCUT2D eigenvalue weighted by Crippen LogP contribution is 2.17. The zero-order chi connectivity index (χ0) is 12.8. The molecule has 0 spiro atoms. The lowest BCUT2D eigenvalue weighted by molar-refractivity contribution is -0.902. The molecule has 0 bridgehead atoms. The maximum absolute atomic E-state index is 11.6. The summed E-state index contributed by atoms with van der Waals surface area (Å²) in [6.45, 7) is 1.97. The molecule has 1 aromatic carbocycles. The van der Waals surface area contributed by atoms with Crippen LogP contribution < -0.4 is 5.43 Å². The second-order valence-electron chi connectivity index (χ2n) is 4.93. The smallest absolute Gasteiger partial charge is 0.434 e. The van der Waals surface area contributed by atoms with Crippen LogP contribution in [0.3, 0.4) is 0 Å². The lowest BCUT2D eigenvalue weighted by Gasteiger charge is -2.31. The van der Waals surface area contributed by atoms with Crippen LogP contribution in [-0.2, 0) is 6.54 Å². The number of benzene rings is 1. The largest absolute Gasteiger partial charge is 0.533 e. The van der Waals surface area contributed by atoms with Gasteiger partial charge in [-0.25, -0.2) is 0 Å². The summed E-state index contributed by atoms with van der Waals surface area (Å²) in [6.07, 6.45) is 3.48. The molecular formula is C14H21N2O2+. The molecule has 98 valence electrons. The minimum Gasteiger partial charge on any atom is -0.434 e. The number of carbonyl (C=O) groups is 1. The molecule has 0 unspecified atom stereocenters. The van der Waals surface area contributed by atoms with Gasteiger partial charge in [-0.2, -0.15) is 10.2 Å². The molecule has 2 N–H and O–H groups in total. The Kier molecular flexibility index (Phi) is 4.33. The highest BCUT2D eigenvalue weighted by molar-refractivity contribution is 5.56. The van der Waals surface area contributed by atoms with Crippen LogP contribution in [0.15, 0.2) is 30.3 Å². The third-order valence-electron chi connectivity index (χ3n) is 3.62. The topological polar surface area (TPSA) is 49.3 Å². The zero-order valence-corrected chi connectivity index (χ0v) is 10.6. The number of carboxylic acid groups (broad SMARTS) is 1. The predicted molar refractivity (Wildman–Crippen MR) is 69.8 cm³/mol. The van der Waals surface area contributed by atoms with E-state index in [1.807, 2.05) is 30.3 Å². The molecule has 1 aliphatic heterocycles. The number of nitrogens with one attached hydrogen (secondary N) is 1. The van der Waals surface area contributed by atoms with E-state index in [-0.39, 0.29) is 4.59 Å². The fourth-order valence-corrected chi connectivity index (χ4v) is 2.48. The summed E-state index contributed by atoms with van der Waals surface area (Å²) >= 11 is 0. The van der Waals surface area contributed by atoms with E-state index in [4.69, 9.17) is 0 Å². The fourth-order valence-electron chi connectivity index (χ4n) is 2.48. The summed E-state index contributed by atoms with van der Waals surface area (Å²) in [7, 11) is 0. The van der Waals surface area contributed by atoms with Crippen molar-refractivity contribution in [3.8, 4) is 0 Å². The van der Waals surface area contributed by atoms with Crippen LogP contribution in [0.4, 0.5) is 4.79 Å². The molecule has 0 saturated carbocycles. The molecule has 1 heterocycles. The van der Waals surface area contributed by atoms with Crippen LogP contribution in [0, 0.1) is 0 Å². The number of hydrogen-bond acceptors (Lipinski definition) is 2. The van der Waals surface area contributed by atoms with Gasteiger partial charge in [0.1, 0.15) is 13.1 Å². The van der Waals surface area contributed by atoms with Crippen molar-refractivity contribution in [3.63, 3.8) is 0 Å². The third-order valence-corrected chi connectivity index (χ3v) is 3.62. The zero-order valence-electron chi connectivity index (χ0n) is 10.6. The van der Waals surface area contributed by atoms with Gasteiger partial charge in [0.15, 0.2) is 0 Å². The van der Waals surface area contributed by atoms with E-state index >= 15 is 0 Å². The monoisotopic (exact) mass is 249 g/mol. The highest BCUT2D eigenvalue weighted by Gasteiger charge is 2.37. The Bertz CT molecular complexity index is 384. The van der Waals surface area contributed by atoms with Crippen molar-refractivity contribution in [3.05, 3.63) is 35.9 Å². The van der Waals surface area contributed by atoms with Gasteiger partial charge in [-0.3, -0.25) is 0 Å². The van der Waals surface area contributed by atoms with Crippen LogP contribution >= 0.6 is 0 Å². The summed E-state index contributed by atoms with van der Waals surface area (Å²) in [4.78, 5) is 11.6. The number of likely N-dealkylation sites (tertiary alicyclic amines) is 1. The van der Waals surface area contributed by atoms with Crippen LogP contribution in [0.5, 0.6) is 0 Å². The van der Waals surface area contributed by atoms with Crippen molar-refractivity contribution in [1.82, 2.24) is 5.43 Å². The first-order chi connectivity index (χ1) is 8.73. The van der Waals surface area contributed by atoms with Gasteiger partial charge in [0.25, 0.3) is 0 Å². The Labute approximate surface area is 108 Å². The summed E-state index contributed by atoms with van der Waals surface area (Å²) in [5, 5.41) is 9.50. The van der Waals surface area contributed by atoms with Crippen molar-refractivity contribution in [2.24, 2.45) is 0 Å². The Morgan fingerprint density at radius 3 is 2.28 bits per heavy atom. The normalized spacial score (nSPS) is 19.1. The third kappa shape index (κ3) is 3.09. The molecule has 1 aromatic rings. The second kappa shape index (κ2) is 5.98. The molecule has 1 amide bonds. The van der Waals surface area contributed by atoms with Crippen LogP contribution in [0.2, 0.25) is 0 Å². The minimum absolute atomic E-state index is 0.00882. The van der Waals surface area contributed by atoms with Crippen LogP contribution in [0.1, 0.15) is 31.2 Å². The van der Waals surface area contributed by atoms with Crippen molar-refractivity contribution < 1.29 is 14.5 Å². The summed E-state index contributed by atoms with van der Waals surface area (Å²) in [5.74, 6) is 0. The summed E-state index contributed by atoms with van der Waals surface area (Å²) in [6, 6.07) is 9.96. The summed E-state index contributed by atoms with van der Waals surface area (Å²) in [5.41, 5.74) is 4.35. The molecule has 1 fully saturated rings. The molecule has 18 heavy (non-hydrogen) atoms. The van der Waals surface area contributed by atoms with Crippen LogP contribution in [0.25, 0.3) is 0 Å². The summed E-state index contributed by atoms with van der Waals surface area (Å²) < 4.78 is 0.00882. The maximum atomic E-state index is 11.6. The molecule has 0 aliphatic carbocycles. The van der Waals surface area contributed by atoms with Crippen molar-refractivity contribution in [1.29, 1.82) is 0 Å². The first kappa shape index (κ1) is 13.1. The molecule has 0 aromatic heterocycles. The number of nitrogens with zero attached hydrogens (tertiary/aromatic N) is 1. The molecule has 2 rings (SSSR count). The average molecular weight is 249 g/mol. The van der Waals surface area contributed by atoms with Gasteiger partial charge in [-0.05, 0) is 31.2 Å². The number of amides is 1. The van der Waals surface area contributed by atoms with Gasteiger partial charge < -0.3 is 5.11 Å². The van der Waals surface area contributed by atoms with Crippen molar-refractivity contribution in [2.75, 3.05) is 13.1 Å². The molecule has 1 saturated heterocycles. The Hall–Kier alpha value is -1.39. The first-order valence-electron chi connectivity index (χ1n) is 6.63. The highest BCUT2D eigenvalue weighted by atomic mass is 16.4. The van der Waals surface area contributed by atoms with Crippen LogP contribution in [-0.4, -0.2) is 28.9 Å². The Balaban J connectivity index is 2.04. The van der Waals surface area contributed by atoms with Gasteiger partial charge in [-0.15, -0.1) is 4.59 Å². The molecule has 1 aliphatic rings. The van der Waals surface area contributed by atoms with E-state index in [1.165, 1.54) is 0 Å². The first-order valence-corrected chi connectivity index (χ1v) is 6.63. The maximum Gasteiger partial charge on any atom is 0.533 e. The molecule has 0 radical (unpaired) electrons. The van der Waals surface area contributed by atoms with Gasteiger partial charge >= 0.3 is 6.09 Å². The molecule has 4 nitrogen and oxygen atoms in total. The average Bonchev–Trinajstić information content (AvgIpc) is 2.64. The van der Waals surface area contributed by atoms with E-state index < -0.39 is 6.09 Å². The van der Waals surface area contributed by atoms with E-state index in [1.54, 1.807) is 0 Å². The number of quaternary nitrogens is 1. The lowest BCUT2D eigenvalue weighted by Crippen LogP contribution is -2.61. The fraction of sp³-hybridized carbons (Fsp3) is 0.500. The Morgan fingerprint density at radius 1 is 1.11 bits per heavy atom. The van der Waals surface area contributed by atoms with Gasteiger partial charge in [0.2, 0.25) is 0 Å². The lowest BCUT2D eigenvalue weighted by atomic mass is 10.2. The standard InChI is InChI=1S/C14H20N2O2/c17-14(18)16(10-6-1-2-7-11-16)15-12-13-8-4-3-5-9-13/h3-5,8-9,15H,1-2,6-7,10-12H2/p+1. The SMILES string of the molecule is O=C(O)[N+]1(NCc2ccccc2)CCCCCC1. The van der Waals surface area contributed by atoms with E-state index in [0.29, 0.717) is 19.6 Å². The number of hydrogen-bond donors (Lipinski definition) is 2. The van der Waals surface area contributed by atoms with E-state index in [9.17, 15) is 9.90 Å². The van der Waals surface area contributed by atoms with Crippen molar-refractivity contribution >= 4 is 6.09 Å². The van der Waals surface area contributed by atoms with E-state index in [2.05, 4.69) is 5.43 Å².